The van der Waals surface area contributed by atoms with Crippen molar-refractivity contribution in [3.63, 3.8) is 0 Å². The largest absolute Gasteiger partial charge is 0.493 e. The number of nitrogen functional groups attached to an aromatic ring is 1. The van der Waals surface area contributed by atoms with E-state index in [1.54, 1.807) is 21.3 Å². The average molecular weight is 394 g/mol. The van der Waals surface area contributed by atoms with Crippen LogP contribution in [0.25, 0.3) is 10.8 Å². The summed E-state index contributed by atoms with van der Waals surface area (Å²) in [7, 11) is 4.87. The maximum atomic E-state index is 7.69. The predicted octanol–water partition coefficient (Wildman–Crippen LogP) is 4.16. The summed E-state index contributed by atoms with van der Waals surface area (Å²) in [5.74, 6) is 2.78. The Kier molecular flexibility index (Phi) is 6.44. The van der Waals surface area contributed by atoms with Gasteiger partial charge in [0.25, 0.3) is 0 Å². The van der Waals surface area contributed by atoms with E-state index < -0.39 is 0 Å². The molecule has 0 radical (unpaired) electrons. The van der Waals surface area contributed by atoms with Crippen molar-refractivity contribution < 1.29 is 18.9 Å². The summed E-state index contributed by atoms with van der Waals surface area (Å²) in [6.45, 7) is 0.522. The number of amidine groups is 1. The van der Waals surface area contributed by atoms with Crippen molar-refractivity contribution in [3.8, 4) is 23.0 Å². The molecule has 6 heteroatoms. The maximum Gasteiger partial charge on any atom is 0.168 e. The average Bonchev–Trinajstić information content (AvgIpc) is 2.75. The molecule has 0 aliphatic carbocycles. The maximum absolute atomic E-state index is 7.69. The molecule has 3 aromatic rings. The van der Waals surface area contributed by atoms with Crippen LogP contribution in [0.1, 0.15) is 17.5 Å². The van der Waals surface area contributed by atoms with Crippen LogP contribution in [-0.2, 0) is 6.42 Å². The fraction of sp³-hybridized carbons (Fsp3) is 0.261. The van der Waals surface area contributed by atoms with Crippen molar-refractivity contribution >= 4 is 16.6 Å². The molecule has 0 unspecified atom stereocenters. The van der Waals surface area contributed by atoms with E-state index >= 15 is 0 Å². The zero-order valence-corrected chi connectivity index (χ0v) is 17.0. The number of rotatable bonds is 9. The molecular weight excluding hydrogens is 368 g/mol. The summed E-state index contributed by atoms with van der Waals surface area (Å²) < 4.78 is 22.2. The Morgan fingerprint density at radius 2 is 1.55 bits per heavy atom. The Hall–Kier alpha value is -3.41. The number of fused-ring (bicyclic) bond motifs is 1. The molecule has 3 aromatic carbocycles. The first-order valence-electron chi connectivity index (χ1n) is 9.36. The third-order valence-corrected chi connectivity index (χ3v) is 4.77. The number of nitrogens with one attached hydrogen (secondary N) is 1. The van der Waals surface area contributed by atoms with Gasteiger partial charge in [0.1, 0.15) is 5.84 Å². The van der Waals surface area contributed by atoms with Crippen molar-refractivity contribution in [1.82, 2.24) is 0 Å². The number of aryl methyl sites for hydroxylation is 1. The second-order valence-corrected chi connectivity index (χ2v) is 6.59. The minimum atomic E-state index is 0.0223. The monoisotopic (exact) mass is 394 g/mol. The molecule has 0 saturated heterocycles. The Morgan fingerprint density at radius 3 is 2.24 bits per heavy atom. The number of hydrogen-bond acceptors (Lipinski definition) is 5. The summed E-state index contributed by atoms with van der Waals surface area (Å²) >= 11 is 0. The molecule has 0 atom stereocenters. The lowest BCUT2D eigenvalue weighted by molar-refractivity contribution is 0.293. The van der Waals surface area contributed by atoms with Gasteiger partial charge in [0.15, 0.2) is 23.0 Å². The molecule has 0 aliphatic rings. The van der Waals surface area contributed by atoms with Crippen LogP contribution in [0.5, 0.6) is 23.0 Å². The van der Waals surface area contributed by atoms with E-state index in [2.05, 4.69) is 0 Å². The number of ether oxygens (including phenoxy) is 4. The van der Waals surface area contributed by atoms with Gasteiger partial charge in [-0.2, -0.15) is 0 Å². The van der Waals surface area contributed by atoms with Gasteiger partial charge >= 0.3 is 0 Å². The molecule has 0 fully saturated rings. The van der Waals surface area contributed by atoms with E-state index in [1.807, 2.05) is 48.5 Å². The van der Waals surface area contributed by atoms with Crippen molar-refractivity contribution in [2.45, 2.75) is 12.8 Å². The fourth-order valence-electron chi connectivity index (χ4n) is 3.24. The predicted molar refractivity (Wildman–Crippen MR) is 115 cm³/mol. The summed E-state index contributed by atoms with van der Waals surface area (Å²) in [6.07, 6.45) is 1.66. The molecule has 0 aliphatic heterocycles. The van der Waals surface area contributed by atoms with E-state index in [4.69, 9.17) is 30.1 Å². The number of hydrogen-bond donors (Lipinski definition) is 2. The highest BCUT2D eigenvalue weighted by atomic mass is 16.5. The van der Waals surface area contributed by atoms with E-state index in [0.717, 1.165) is 34.9 Å². The number of nitrogens with two attached hydrogens (primary N) is 1. The van der Waals surface area contributed by atoms with Crippen LogP contribution in [0.4, 0.5) is 0 Å². The van der Waals surface area contributed by atoms with Gasteiger partial charge in [-0.1, -0.05) is 24.3 Å². The molecule has 3 rings (SSSR count). The van der Waals surface area contributed by atoms with Crippen LogP contribution in [0.15, 0.2) is 48.5 Å². The van der Waals surface area contributed by atoms with Crippen LogP contribution < -0.4 is 24.7 Å². The first-order valence-corrected chi connectivity index (χ1v) is 9.36. The molecule has 152 valence electrons. The van der Waals surface area contributed by atoms with Crippen LogP contribution in [0, 0.1) is 5.41 Å². The van der Waals surface area contributed by atoms with Gasteiger partial charge < -0.3 is 24.7 Å². The fourth-order valence-corrected chi connectivity index (χ4v) is 3.24. The Balaban J connectivity index is 1.74. The first-order chi connectivity index (χ1) is 14.1. The van der Waals surface area contributed by atoms with E-state index in [0.29, 0.717) is 29.4 Å². The lowest BCUT2D eigenvalue weighted by atomic mass is 10.0. The summed E-state index contributed by atoms with van der Waals surface area (Å²) in [4.78, 5) is 0. The smallest absolute Gasteiger partial charge is 0.168 e. The van der Waals surface area contributed by atoms with Crippen LogP contribution in [0.2, 0.25) is 0 Å². The van der Waals surface area contributed by atoms with E-state index in [9.17, 15) is 0 Å². The van der Waals surface area contributed by atoms with Gasteiger partial charge in [0.05, 0.1) is 27.9 Å². The van der Waals surface area contributed by atoms with Gasteiger partial charge in [-0.15, -0.1) is 0 Å². The first kappa shape index (κ1) is 20.3. The molecule has 0 saturated carbocycles. The molecular formula is C23H26N2O4. The highest BCUT2D eigenvalue weighted by molar-refractivity contribution is 6.01. The minimum Gasteiger partial charge on any atom is -0.493 e. The van der Waals surface area contributed by atoms with Crippen molar-refractivity contribution in [3.05, 3.63) is 59.7 Å². The molecule has 0 bridgehead atoms. The van der Waals surface area contributed by atoms with E-state index in [1.165, 1.54) is 0 Å². The van der Waals surface area contributed by atoms with E-state index in [-0.39, 0.29) is 5.84 Å². The van der Waals surface area contributed by atoms with Gasteiger partial charge in [0.2, 0.25) is 0 Å². The number of methoxy groups -OCH3 is 3. The molecule has 0 amide bonds. The van der Waals surface area contributed by atoms with Gasteiger partial charge in [0, 0.05) is 10.9 Å². The summed E-state index contributed by atoms with van der Waals surface area (Å²) in [5, 5.41) is 9.57. The standard InChI is InChI=1S/C23H26N2O4/c1-26-19-10-6-15(13-21(19)28-3)5-4-12-29-22-18-14-17(23(24)25)8-7-16(18)9-11-20(22)27-2/h6-11,13-14H,4-5,12H2,1-3H3,(H3,24,25). The van der Waals surface area contributed by atoms with Gasteiger partial charge in [-0.3, -0.25) is 5.41 Å². The second kappa shape index (κ2) is 9.19. The van der Waals surface area contributed by atoms with Crippen LogP contribution in [-0.4, -0.2) is 33.8 Å². The molecule has 0 spiro atoms. The summed E-state index contributed by atoms with van der Waals surface area (Å²) in [6, 6.07) is 15.4. The zero-order chi connectivity index (χ0) is 20.8. The third kappa shape index (κ3) is 4.54. The topological polar surface area (TPSA) is 86.8 Å². The highest BCUT2D eigenvalue weighted by Crippen LogP contribution is 2.36. The quantitative estimate of drug-likeness (QED) is 0.323. The normalized spacial score (nSPS) is 10.6. The van der Waals surface area contributed by atoms with Crippen LogP contribution in [0.3, 0.4) is 0 Å². The molecule has 6 nitrogen and oxygen atoms in total. The zero-order valence-electron chi connectivity index (χ0n) is 17.0. The second-order valence-electron chi connectivity index (χ2n) is 6.59. The Labute approximate surface area is 170 Å². The lowest BCUT2D eigenvalue weighted by Crippen LogP contribution is -2.10. The van der Waals surface area contributed by atoms with Crippen molar-refractivity contribution in [1.29, 1.82) is 5.41 Å². The summed E-state index contributed by atoms with van der Waals surface area (Å²) in [5.41, 5.74) is 7.45. The van der Waals surface area contributed by atoms with Crippen molar-refractivity contribution in [2.24, 2.45) is 5.73 Å². The van der Waals surface area contributed by atoms with Gasteiger partial charge in [-0.25, -0.2) is 0 Å². The SMILES string of the molecule is COc1ccc(CCCOc2c(OC)ccc3ccc(C(=N)N)cc23)cc1OC. The number of benzene rings is 3. The van der Waals surface area contributed by atoms with Crippen LogP contribution >= 0.6 is 0 Å². The Bertz CT molecular complexity index is 1020. The molecule has 29 heavy (non-hydrogen) atoms. The molecule has 3 N–H and O–H groups in total. The highest BCUT2D eigenvalue weighted by Gasteiger charge is 2.12. The molecule has 0 aromatic heterocycles. The lowest BCUT2D eigenvalue weighted by Gasteiger charge is -2.15. The van der Waals surface area contributed by atoms with Gasteiger partial charge in [-0.05, 0) is 48.1 Å². The molecule has 0 heterocycles. The third-order valence-electron chi connectivity index (χ3n) is 4.77. The van der Waals surface area contributed by atoms with Crippen molar-refractivity contribution in [2.75, 3.05) is 27.9 Å². The minimum absolute atomic E-state index is 0.0223. The Morgan fingerprint density at radius 1 is 0.862 bits per heavy atom.